The Kier molecular flexibility index (Phi) is 3.85. The average Bonchev–Trinajstić information content (AvgIpc) is 2.39. The van der Waals surface area contributed by atoms with Crippen molar-refractivity contribution in [1.29, 1.82) is 0 Å². The van der Waals surface area contributed by atoms with Crippen LogP contribution in [-0.4, -0.2) is 24.1 Å². The molecule has 0 aliphatic heterocycles. The van der Waals surface area contributed by atoms with Gasteiger partial charge in [0.05, 0.1) is 0 Å². The number of methoxy groups -OCH3 is 1. The molecule has 1 aromatic rings. The Hall–Kier alpha value is -1.16. The van der Waals surface area contributed by atoms with Gasteiger partial charge in [0.15, 0.2) is 5.82 Å². The zero-order valence-corrected chi connectivity index (χ0v) is 11.8. The standard InChI is InChI=1S/C14H23N3O/c1-10-5-7-14(18-4,8-6-10)13-16-11(2)9-12(15-3)17-13/h9-10H,5-8H2,1-4H3,(H,15,16,17). The van der Waals surface area contributed by atoms with E-state index in [-0.39, 0.29) is 5.60 Å². The fourth-order valence-corrected chi connectivity index (χ4v) is 2.65. The van der Waals surface area contributed by atoms with Gasteiger partial charge >= 0.3 is 0 Å². The van der Waals surface area contributed by atoms with E-state index in [1.165, 1.54) is 12.8 Å². The van der Waals surface area contributed by atoms with E-state index < -0.39 is 0 Å². The Labute approximate surface area is 109 Å². The largest absolute Gasteiger partial charge is 0.373 e. The van der Waals surface area contributed by atoms with Crippen LogP contribution in [0.3, 0.4) is 0 Å². The Bertz CT molecular complexity index is 412. The summed E-state index contributed by atoms with van der Waals surface area (Å²) in [7, 11) is 3.66. The number of ether oxygens (including phenoxy) is 1. The summed E-state index contributed by atoms with van der Waals surface area (Å²) in [5, 5.41) is 3.09. The van der Waals surface area contributed by atoms with Gasteiger partial charge in [0, 0.05) is 25.9 Å². The van der Waals surface area contributed by atoms with Crippen LogP contribution >= 0.6 is 0 Å². The molecule has 1 saturated carbocycles. The van der Waals surface area contributed by atoms with Crippen LogP contribution in [0.15, 0.2) is 6.07 Å². The summed E-state index contributed by atoms with van der Waals surface area (Å²) in [5.41, 5.74) is 0.698. The molecule has 0 unspecified atom stereocenters. The maximum atomic E-state index is 5.81. The summed E-state index contributed by atoms with van der Waals surface area (Å²) in [6, 6.07) is 1.96. The molecule has 0 radical (unpaired) electrons. The monoisotopic (exact) mass is 249 g/mol. The van der Waals surface area contributed by atoms with Gasteiger partial charge in [0.2, 0.25) is 0 Å². The molecule has 0 amide bonds. The zero-order valence-electron chi connectivity index (χ0n) is 11.8. The van der Waals surface area contributed by atoms with Gasteiger partial charge in [0.1, 0.15) is 11.4 Å². The zero-order chi connectivity index (χ0) is 13.2. The van der Waals surface area contributed by atoms with Crippen LogP contribution in [0.2, 0.25) is 0 Å². The fourth-order valence-electron chi connectivity index (χ4n) is 2.65. The lowest BCUT2D eigenvalue weighted by molar-refractivity contribution is -0.0597. The number of nitrogens with one attached hydrogen (secondary N) is 1. The minimum atomic E-state index is -0.288. The lowest BCUT2D eigenvalue weighted by atomic mass is 9.79. The van der Waals surface area contributed by atoms with Crippen molar-refractivity contribution in [2.75, 3.05) is 19.5 Å². The van der Waals surface area contributed by atoms with Crippen molar-refractivity contribution in [3.8, 4) is 0 Å². The van der Waals surface area contributed by atoms with Crippen LogP contribution < -0.4 is 5.32 Å². The molecule has 0 bridgehead atoms. The van der Waals surface area contributed by atoms with E-state index in [9.17, 15) is 0 Å². The summed E-state index contributed by atoms with van der Waals surface area (Å²) in [6.07, 6.45) is 4.38. The molecular formula is C14H23N3O. The Morgan fingerprint density at radius 1 is 1.33 bits per heavy atom. The highest BCUT2D eigenvalue weighted by atomic mass is 16.5. The smallest absolute Gasteiger partial charge is 0.162 e. The minimum absolute atomic E-state index is 0.288. The van der Waals surface area contributed by atoms with E-state index in [2.05, 4.69) is 22.2 Å². The topological polar surface area (TPSA) is 47.0 Å². The van der Waals surface area contributed by atoms with Gasteiger partial charge in [-0.25, -0.2) is 9.97 Å². The first-order chi connectivity index (χ1) is 8.59. The first-order valence-electron chi connectivity index (χ1n) is 6.69. The Balaban J connectivity index is 2.35. The van der Waals surface area contributed by atoms with Gasteiger partial charge in [0.25, 0.3) is 0 Å². The third-order valence-electron chi connectivity index (χ3n) is 3.99. The van der Waals surface area contributed by atoms with E-state index in [4.69, 9.17) is 4.74 Å². The number of nitrogens with zero attached hydrogens (tertiary/aromatic N) is 2. The van der Waals surface area contributed by atoms with Gasteiger partial charge < -0.3 is 10.1 Å². The van der Waals surface area contributed by atoms with Crippen molar-refractivity contribution in [2.24, 2.45) is 5.92 Å². The maximum Gasteiger partial charge on any atom is 0.162 e. The summed E-state index contributed by atoms with van der Waals surface area (Å²) >= 11 is 0. The summed E-state index contributed by atoms with van der Waals surface area (Å²) in [6.45, 7) is 4.30. The van der Waals surface area contributed by atoms with E-state index in [1.54, 1.807) is 7.11 Å². The fraction of sp³-hybridized carbons (Fsp3) is 0.714. The van der Waals surface area contributed by atoms with Crippen LogP contribution in [0.25, 0.3) is 0 Å². The Morgan fingerprint density at radius 3 is 2.56 bits per heavy atom. The maximum absolute atomic E-state index is 5.81. The molecule has 0 atom stereocenters. The van der Waals surface area contributed by atoms with Crippen molar-refractivity contribution in [3.63, 3.8) is 0 Å². The van der Waals surface area contributed by atoms with Crippen molar-refractivity contribution in [2.45, 2.75) is 45.1 Å². The van der Waals surface area contributed by atoms with Gasteiger partial charge in [-0.15, -0.1) is 0 Å². The van der Waals surface area contributed by atoms with Crippen LogP contribution in [0.4, 0.5) is 5.82 Å². The molecular weight excluding hydrogens is 226 g/mol. The number of aromatic nitrogens is 2. The molecule has 1 aliphatic carbocycles. The van der Waals surface area contributed by atoms with Crippen LogP contribution in [0, 0.1) is 12.8 Å². The molecule has 2 rings (SSSR count). The number of anilines is 1. The molecule has 18 heavy (non-hydrogen) atoms. The molecule has 1 heterocycles. The third-order valence-corrected chi connectivity index (χ3v) is 3.99. The van der Waals surface area contributed by atoms with Crippen molar-refractivity contribution >= 4 is 5.82 Å². The van der Waals surface area contributed by atoms with Crippen LogP contribution in [-0.2, 0) is 10.3 Å². The highest BCUT2D eigenvalue weighted by Gasteiger charge is 2.38. The van der Waals surface area contributed by atoms with Crippen LogP contribution in [0.1, 0.15) is 44.1 Å². The highest BCUT2D eigenvalue weighted by molar-refractivity contribution is 5.35. The number of hydrogen-bond acceptors (Lipinski definition) is 4. The third kappa shape index (κ3) is 2.48. The van der Waals surface area contributed by atoms with E-state index >= 15 is 0 Å². The van der Waals surface area contributed by atoms with Crippen molar-refractivity contribution in [1.82, 2.24) is 9.97 Å². The minimum Gasteiger partial charge on any atom is -0.373 e. The molecule has 1 aromatic heterocycles. The first kappa shape index (κ1) is 13.3. The van der Waals surface area contributed by atoms with Gasteiger partial charge in [-0.05, 0) is 38.5 Å². The molecule has 1 aliphatic rings. The first-order valence-corrected chi connectivity index (χ1v) is 6.69. The predicted octanol–water partition coefficient (Wildman–Crippen LogP) is 2.88. The molecule has 1 fully saturated rings. The van der Waals surface area contributed by atoms with Crippen molar-refractivity contribution in [3.05, 3.63) is 17.6 Å². The second-order valence-electron chi connectivity index (χ2n) is 5.35. The summed E-state index contributed by atoms with van der Waals surface area (Å²) < 4.78 is 5.81. The number of hydrogen-bond donors (Lipinski definition) is 1. The SMILES string of the molecule is CNc1cc(C)nc(C2(OC)CCC(C)CC2)n1. The molecule has 4 nitrogen and oxygen atoms in total. The number of aryl methyl sites for hydroxylation is 1. The molecule has 100 valence electrons. The molecule has 1 N–H and O–H groups in total. The Morgan fingerprint density at radius 2 is 2.00 bits per heavy atom. The van der Waals surface area contributed by atoms with E-state index in [0.29, 0.717) is 0 Å². The second kappa shape index (κ2) is 5.22. The highest BCUT2D eigenvalue weighted by Crippen LogP contribution is 2.40. The normalized spacial score (nSPS) is 28.1. The summed E-state index contributed by atoms with van der Waals surface area (Å²) in [4.78, 5) is 9.19. The van der Waals surface area contributed by atoms with E-state index in [0.717, 1.165) is 36.1 Å². The predicted molar refractivity (Wildman–Crippen MR) is 72.6 cm³/mol. The van der Waals surface area contributed by atoms with Gasteiger partial charge in [-0.1, -0.05) is 6.92 Å². The lowest BCUT2D eigenvalue weighted by Gasteiger charge is -2.37. The van der Waals surface area contributed by atoms with E-state index in [1.807, 2.05) is 20.0 Å². The van der Waals surface area contributed by atoms with Gasteiger partial charge in [-0.2, -0.15) is 0 Å². The second-order valence-corrected chi connectivity index (χ2v) is 5.35. The lowest BCUT2D eigenvalue weighted by Crippen LogP contribution is -2.35. The quantitative estimate of drug-likeness (QED) is 0.894. The average molecular weight is 249 g/mol. The van der Waals surface area contributed by atoms with Crippen LogP contribution in [0.5, 0.6) is 0 Å². The van der Waals surface area contributed by atoms with Gasteiger partial charge in [-0.3, -0.25) is 0 Å². The number of rotatable bonds is 3. The summed E-state index contributed by atoms with van der Waals surface area (Å²) in [5.74, 6) is 2.48. The van der Waals surface area contributed by atoms with Crippen molar-refractivity contribution < 1.29 is 4.74 Å². The molecule has 0 saturated heterocycles. The molecule has 0 aromatic carbocycles. The molecule has 0 spiro atoms. The molecule has 4 heteroatoms.